The number of carbonyl (C=O) groups is 3. The summed E-state index contributed by atoms with van der Waals surface area (Å²) in [6, 6.07) is 6.92. The number of anilines is 1. The van der Waals surface area contributed by atoms with E-state index >= 15 is 0 Å². The molecule has 0 saturated heterocycles. The van der Waals surface area contributed by atoms with Crippen LogP contribution in [-0.2, 0) is 9.53 Å². The van der Waals surface area contributed by atoms with Crippen LogP contribution in [-0.4, -0.2) is 47.6 Å². The van der Waals surface area contributed by atoms with E-state index in [9.17, 15) is 19.5 Å². The number of aromatic nitrogens is 1. The first-order valence-electron chi connectivity index (χ1n) is 12.3. The molecule has 1 aliphatic heterocycles. The lowest BCUT2D eigenvalue weighted by Crippen LogP contribution is -2.31. The number of aliphatic hydroxyl groups excluding tert-OH is 1. The molecule has 2 aromatic heterocycles. The molecule has 1 N–H and O–H groups in total. The summed E-state index contributed by atoms with van der Waals surface area (Å²) in [6.45, 7) is 9.77. The minimum absolute atomic E-state index is 0.00751. The van der Waals surface area contributed by atoms with Crippen molar-refractivity contribution in [3.05, 3.63) is 82.5 Å². The SMILES string of the molecule is C=CCOC(=O)c1sc(N2C(=O)C(O)=C(C(=O)c3ccco3)C2c2ccc(OCCC)c(OCC)c2)nc1C. The van der Waals surface area contributed by atoms with Crippen molar-refractivity contribution in [2.24, 2.45) is 0 Å². The molecule has 0 aliphatic carbocycles. The highest BCUT2D eigenvalue weighted by Gasteiger charge is 2.47. The molecule has 0 bridgehead atoms. The summed E-state index contributed by atoms with van der Waals surface area (Å²) < 4.78 is 22.0. The first-order chi connectivity index (χ1) is 18.8. The summed E-state index contributed by atoms with van der Waals surface area (Å²) in [4.78, 5) is 45.3. The van der Waals surface area contributed by atoms with Crippen LogP contribution in [0.1, 0.15) is 57.8 Å². The fraction of sp³-hybridized carbons (Fsp3) is 0.286. The van der Waals surface area contributed by atoms with Crippen LogP contribution in [0.4, 0.5) is 5.13 Å². The van der Waals surface area contributed by atoms with Crippen molar-refractivity contribution in [3.63, 3.8) is 0 Å². The van der Waals surface area contributed by atoms with E-state index in [4.69, 9.17) is 18.6 Å². The van der Waals surface area contributed by atoms with Crippen LogP contribution in [0, 0.1) is 6.92 Å². The zero-order valence-corrected chi connectivity index (χ0v) is 22.6. The van der Waals surface area contributed by atoms with Gasteiger partial charge in [-0.1, -0.05) is 37.0 Å². The number of nitrogens with zero attached hydrogens (tertiary/aromatic N) is 2. The number of thiazole rings is 1. The zero-order chi connectivity index (χ0) is 28.1. The molecule has 1 unspecified atom stereocenters. The second kappa shape index (κ2) is 12.0. The third-order valence-corrected chi connectivity index (χ3v) is 6.89. The van der Waals surface area contributed by atoms with Crippen LogP contribution < -0.4 is 14.4 Å². The van der Waals surface area contributed by atoms with Crippen molar-refractivity contribution < 1.29 is 38.1 Å². The molecule has 1 aliphatic rings. The third kappa shape index (κ3) is 5.44. The number of carbonyl (C=O) groups excluding carboxylic acids is 3. The van der Waals surface area contributed by atoms with Crippen LogP contribution in [0.15, 0.2) is 65.0 Å². The number of hydrogen-bond donors (Lipinski definition) is 1. The van der Waals surface area contributed by atoms with Crippen LogP contribution in [0.3, 0.4) is 0 Å². The Morgan fingerprint density at radius 1 is 1.23 bits per heavy atom. The van der Waals surface area contributed by atoms with Gasteiger partial charge in [-0.25, -0.2) is 9.78 Å². The van der Waals surface area contributed by atoms with Crippen LogP contribution in [0.2, 0.25) is 0 Å². The van der Waals surface area contributed by atoms with E-state index in [2.05, 4.69) is 11.6 Å². The molecular weight excluding hydrogens is 524 g/mol. The van der Waals surface area contributed by atoms with E-state index in [-0.39, 0.29) is 27.9 Å². The van der Waals surface area contributed by atoms with Crippen LogP contribution in [0.5, 0.6) is 11.5 Å². The standard InChI is InChI=1S/C28H28N2O8S/c1-5-12-36-18-11-10-17(15-20(18)35-7-3)22-21(23(31)19-9-8-14-37-19)24(32)26(33)30(22)28-29-16(4)25(39-28)27(34)38-13-6-2/h6,8-11,14-15,22,32H,2,5,7,12-13H2,1,3-4H3. The molecular formula is C28H28N2O8S. The van der Waals surface area contributed by atoms with Crippen molar-refractivity contribution in [2.45, 2.75) is 33.2 Å². The average Bonchev–Trinajstić information content (AvgIpc) is 3.65. The minimum Gasteiger partial charge on any atom is -0.503 e. The van der Waals surface area contributed by atoms with Gasteiger partial charge in [-0.15, -0.1) is 0 Å². The number of ether oxygens (including phenoxy) is 3. The second-order valence-corrected chi connectivity index (χ2v) is 9.41. The smallest absolute Gasteiger partial charge is 0.350 e. The Hall–Kier alpha value is -4.38. The van der Waals surface area contributed by atoms with Gasteiger partial charge in [0.2, 0.25) is 5.78 Å². The van der Waals surface area contributed by atoms with Gasteiger partial charge in [-0.3, -0.25) is 14.5 Å². The molecule has 0 radical (unpaired) electrons. The fourth-order valence-electron chi connectivity index (χ4n) is 4.06. The Kier molecular flexibility index (Phi) is 8.50. The molecule has 0 spiro atoms. The summed E-state index contributed by atoms with van der Waals surface area (Å²) in [5, 5.41) is 11.1. The first-order valence-corrected chi connectivity index (χ1v) is 13.1. The fourth-order valence-corrected chi connectivity index (χ4v) is 5.05. The van der Waals surface area contributed by atoms with E-state index in [0.717, 1.165) is 17.8 Å². The average molecular weight is 553 g/mol. The molecule has 1 atom stereocenters. The Morgan fingerprint density at radius 3 is 2.69 bits per heavy atom. The number of furan rings is 1. The van der Waals surface area contributed by atoms with Crippen molar-refractivity contribution in [1.82, 2.24) is 4.98 Å². The lowest BCUT2D eigenvalue weighted by molar-refractivity contribution is -0.117. The Morgan fingerprint density at radius 2 is 2.03 bits per heavy atom. The van der Waals surface area contributed by atoms with E-state index in [1.54, 1.807) is 25.1 Å². The first kappa shape index (κ1) is 27.6. The van der Waals surface area contributed by atoms with Gasteiger partial charge >= 0.3 is 5.97 Å². The van der Waals surface area contributed by atoms with E-state index in [0.29, 0.717) is 36.0 Å². The van der Waals surface area contributed by atoms with Gasteiger partial charge in [0.25, 0.3) is 5.91 Å². The van der Waals surface area contributed by atoms with E-state index in [1.807, 2.05) is 13.8 Å². The largest absolute Gasteiger partial charge is 0.503 e. The Bertz CT molecular complexity index is 1420. The number of aliphatic hydroxyl groups is 1. The van der Waals surface area contributed by atoms with Gasteiger partial charge in [-0.05, 0) is 50.1 Å². The topological polar surface area (TPSA) is 128 Å². The van der Waals surface area contributed by atoms with Gasteiger partial charge in [0.05, 0.1) is 36.8 Å². The van der Waals surface area contributed by atoms with Crippen molar-refractivity contribution >= 4 is 34.1 Å². The highest BCUT2D eigenvalue weighted by atomic mass is 32.1. The number of benzene rings is 1. The number of Topliss-reactive ketones (excluding diaryl/α,β-unsaturated/α-hetero) is 1. The molecule has 1 amide bonds. The quantitative estimate of drug-likeness (QED) is 0.179. The molecule has 204 valence electrons. The predicted octanol–water partition coefficient (Wildman–Crippen LogP) is 5.36. The van der Waals surface area contributed by atoms with Gasteiger partial charge in [-0.2, -0.15) is 0 Å². The lowest BCUT2D eigenvalue weighted by Gasteiger charge is -2.25. The second-order valence-electron chi connectivity index (χ2n) is 8.43. The van der Waals surface area contributed by atoms with Crippen LogP contribution >= 0.6 is 11.3 Å². The maximum absolute atomic E-state index is 13.5. The van der Waals surface area contributed by atoms with E-state index in [1.165, 1.54) is 29.4 Å². The Labute approximate surface area is 229 Å². The summed E-state index contributed by atoms with van der Waals surface area (Å²) in [5.41, 5.74) is 0.598. The number of amides is 1. The van der Waals surface area contributed by atoms with Gasteiger partial charge < -0.3 is 23.7 Å². The molecule has 11 heteroatoms. The van der Waals surface area contributed by atoms with Gasteiger partial charge in [0.15, 0.2) is 28.1 Å². The van der Waals surface area contributed by atoms with E-state index < -0.39 is 29.5 Å². The van der Waals surface area contributed by atoms with Crippen LogP contribution in [0.25, 0.3) is 0 Å². The minimum atomic E-state index is -1.10. The molecule has 0 fully saturated rings. The van der Waals surface area contributed by atoms with Gasteiger partial charge in [0.1, 0.15) is 11.5 Å². The third-order valence-electron chi connectivity index (χ3n) is 5.75. The van der Waals surface area contributed by atoms with Crippen molar-refractivity contribution in [2.75, 3.05) is 24.7 Å². The highest BCUT2D eigenvalue weighted by molar-refractivity contribution is 7.17. The highest BCUT2D eigenvalue weighted by Crippen LogP contribution is 2.45. The number of esters is 1. The lowest BCUT2D eigenvalue weighted by atomic mass is 9.95. The molecule has 3 aromatic rings. The molecule has 10 nitrogen and oxygen atoms in total. The maximum Gasteiger partial charge on any atom is 0.350 e. The molecule has 3 heterocycles. The summed E-state index contributed by atoms with van der Waals surface area (Å²) in [5.74, 6) is -2.01. The number of rotatable bonds is 12. The summed E-state index contributed by atoms with van der Waals surface area (Å²) >= 11 is 0.916. The summed E-state index contributed by atoms with van der Waals surface area (Å²) in [6.07, 6.45) is 3.55. The van der Waals surface area contributed by atoms with Gasteiger partial charge in [0, 0.05) is 0 Å². The molecule has 0 saturated carbocycles. The molecule has 1 aromatic carbocycles. The normalized spacial score (nSPS) is 15.0. The monoisotopic (exact) mass is 552 g/mol. The number of ketones is 1. The molecule has 39 heavy (non-hydrogen) atoms. The Balaban J connectivity index is 1.85. The maximum atomic E-state index is 13.5. The zero-order valence-electron chi connectivity index (χ0n) is 21.8. The molecule has 4 rings (SSSR count). The summed E-state index contributed by atoms with van der Waals surface area (Å²) in [7, 11) is 0. The van der Waals surface area contributed by atoms with Crippen molar-refractivity contribution in [3.8, 4) is 11.5 Å². The predicted molar refractivity (Wildman–Crippen MR) is 144 cm³/mol. The number of aryl methyl sites for hydroxylation is 1. The number of hydrogen-bond acceptors (Lipinski definition) is 10. The van der Waals surface area contributed by atoms with Crippen molar-refractivity contribution in [1.29, 1.82) is 0 Å².